The lowest BCUT2D eigenvalue weighted by Gasteiger charge is -2.19. The Morgan fingerprint density at radius 1 is 1.47 bits per heavy atom. The number of carbonyl (C=O) groups excluding carboxylic acids is 1. The fourth-order valence-corrected chi connectivity index (χ4v) is 2.58. The molecule has 2 aliphatic rings. The van der Waals surface area contributed by atoms with E-state index in [1.807, 2.05) is 0 Å². The van der Waals surface area contributed by atoms with Gasteiger partial charge >= 0.3 is 0 Å². The van der Waals surface area contributed by atoms with Gasteiger partial charge in [-0.3, -0.25) is 4.79 Å². The molecule has 3 atom stereocenters. The van der Waals surface area contributed by atoms with Crippen LogP contribution in [0, 0.1) is 0 Å². The Balaban J connectivity index is 1.54. The van der Waals surface area contributed by atoms with Crippen LogP contribution in [-0.2, 0) is 14.3 Å². The molecule has 0 saturated carbocycles. The third-order valence-electron chi connectivity index (χ3n) is 3.48. The number of rotatable bonds is 7. The third kappa shape index (κ3) is 3.66. The van der Waals surface area contributed by atoms with Crippen LogP contribution in [0.25, 0.3) is 0 Å². The Hall–Kier alpha value is -0.650. The highest BCUT2D eigenvalue weighted by molar-refractivity contribution is 5.77. The van der Waals surface area contributed by atoms with Crippen molar-refractivity contribution in [2.45, 2.75) is 43.9 Å². The number of amides is 1. The van der Waals surface area contributed by atoms with Gasteiger partial charge in [-0.2, -0.15) is 0 Å². The molecule has 2 saturated heterocycles. The van der Waals surface area contributed by atoms with Crippen LogP contribution in [0.4, 0.5) is 0 Å². The van der Waals surface area contributed by atoms with E-state index >= 15 is 0 Å². The summed E-state index contributed by atoms with van der Waals surface area (Å²) < 4.78 is 10.6. The number of methoxy groups -OCH3 is 1. The third-order valence-corrected chi connectivity index (χ3v) is 3.48. The van der Waals surface area contributed by atoms with E-state index in [1.54, 1.807) is 7.11 Å². The number of ether oxygens (including phenoxy) is 2. The van der Waals surface area contributed by atoms with Crippen molar-refractivity contribution < 1.29 is 14.3 Å². The molecule has 2 N–H and O–H groups in total. The zero-order valence-electron chi connectivity index (χ0n) is 10.4. The fourth-order valence-electron chi connectivity index (χ4n) is 2.58. The minimum Gasteiger partial charge on any atom is -0.385 e. The smallest absolute Gasteiger partial charge is 0.233 e. The second-order valence-corrected chi connectivity index (χ2v) is 4.79. The molecule has 5 heteroatoms. The maximum atomic E-state index is 11.5. The Labute approximate surface area is 102 Å². The average molecular weight is 242 g/mol. The summed E-state index contributed by atoms with van der Waals surface area (Å²) in [4.78, 5) is 11.5. The largest absolute Gasteiger partial charge is 0.385 e. The SMILES string of the molecule is COCCCNC(=O)CNC1CC2CCC1O2. The van der Waals surface area contributed by atoms with Gasteiger partial charge < -0.3 is 20.1 Å². The molecule has 1 amide bonds. The quantitative estimate of drug-likeness (QED) is 0.619. The van der Waals surface area contributed by atoms with E-state index in [0.717, 1.165) is 19.3 Å². The summed E-state index contributed by atoms with van der Waals surface area (Å²) in [5, 5.41) is 6.15. The Bertz CT molecular complexity index is 260. The molecule has 2 heterocycles. The molecule has 5 nitrogen and oxygen atoms in total. The van der Waals surface area contributed by atoms with Gasteiger partial charge in [-0.1, -0.05) is 0 Å². The van der Waals surface area contributed by atoms with E-state index in [4.69, 9.17) is 9.47 Å². The number of carbonyl (C=O) groups is 1. The normalized spacial score (nSPS) is 30.8. The molecule has 98 valence electrons. The summed E-state index contributed by atoms with van der Waals surface area (Å²) >= 11 is 0. The van der Waals surface area contributed by atoms with Crippen LogP contribution < -0.4 is 10.6 Å². The van der Waals surface area contributed by atoms with Crippen LogP contribution in [0.15, 0.2) is 0 Å². The van der Waals surface area contributed by atoms with Crippen molar-refractivity contribution in [2.24, 2.45) is 0 Å². The second kappa shape index (κ2) is 6.33. The summed E-state index contributed by atoms with van der Waals surface area (Å²) in [5.74, 6) is 0.0591. The van der Waals surface area contributed by atoms with E-state index in [0.29, 0.717) is 37.9 Å². The lowest BCUT2D eigenvalue weighted by Crippen LogP contribution is -2.43. The highest BCUT2D eigenvalue weighted by atomic mass is 16.5. The first-order valence-electron chi connectivity index (χ1n) is 6.44. The number of hydrogen-bond donors (Lipinski definition) is 2. The van der Waals surface area contributed by atoms with Crippen LogP contribution in [0.3, 0.4) is 0 Å². The zero-order chi connectivity index (χ0) is 12.1. The van der Waals surface area contributed by atoms with Crippen molar-refractivity contribution in [3.63, 3.8) is 0 Å². The van der Waals surface area contributed by atoms with Gasteiger partial charge in [-0.05, 0) is 25.7 Å². The summed E-state index contributed by atoms with van der Waals surface area (Å²) in [5.41, 5.74) is 0. The van der Waals surface area contributed by atoms with Gasteiger partial charge in [-0.15, -0.1) is 0 Å². The van der Waals surface area contributed by atoms with Crippen LogP contribution in [0.5, 0.6) is 0 Å². The Morgan fingerprint density at radius 3 is 3.00 bits per heavy atom. The number of fused-ring (bicyclic) bond motifs is 2. The molecule has 17 heavy (non-hydrogen) atoms. The zero-order valence-corrected chi connectivity index (χ0v) is 10.4. The van der Waals surface area contributed by atoms with E-state index in [-0.39, 0.29) is 5.91 Å². The summed E-state index contributed by atoms with van der Waals surface area (Å²) in [6, 6.07) is 0.374. The highest BCUT2D eigenvalue weighted by Crippen LogP contribution is 2.34. The van der Waals surface area contributed by atoms with Gasteiger partial charge in [0, 0.05) is 26.3 Å². The van der Waals surface area contributed by atoms with Crippen molar-refractivity contribution in [1.29, 1.82) is 0 Å². The molecule has 0 spiro atoms. The molecular weight excluding hydrogens is 220 g/mol. The van der Waals surface area contributed by atoms with Gasteiger partial charge in [0.05, 0.1) is 18.8 Å². The molecular formula is C12H22N2O3. The maximum absolute atomic E-state index is 11.5. The lowest BCUT2D eigenvalue weighted by molar-refractivity contribution is -0.120. The van der Waals surface area contributed by atoms with E-state index in [9.17, 15) is 4.79 Å². The molecule has 2 fully saturated rings. The molecule has 0 aliphatic carbocycles. The molecule has 2 aliphatic heterocycles. The van der Waals surface area contributed by atoms with Crippen LogP contribution >= 0.6 is 0 Å². The topological polar surface area (TPSA) is 59.6 Å². The predicted molar refractivity (Wildman–Crippen MR) is 63.8 cm³/mol. The van der Waals surface area contributed by atoms with E-state index in [1.165, 1.54) is 6.42 Å². The van der Waals surface area contributed by atoms with Crippen molar-refractivity contribution in [3.05, 3.63) is 0 Å². The lowest BCUT2D eigenvalue weighted by atomic mass is 9.95. The minimum atomic E-state index is 0.0591. The molecule has 0 aromatic carbocycles. The molecule has 0 aromatic heterocycles. The van der Waals surface area contributed by atoms with Crippen LogP contribution in [-0.4, -0.2) is 51.0 Å². The number of nitrogens with one attached hydrogen (secondary N) is 2. The van der Waals surface area contributed by atoms with Crippen molar-refractivity contribution in [1.82, 2.24) is 10.6 Å². The van der Waals surface area contributed by atoms with Crippen LogP contribution in [0.1, 0.15) is 25.7 Å². The monoisotopic (exact) mass is 242 g/mol. The Kier molecular flexibility index (Phi) is 4.76. The molecule has 2 rings (SSSR count). The van der Waals surface area contributed by atoms with E-state index < -0.39 is 0 Å². The highest BCUT2D eigenvalue weighted by Gasteiger charge is 2.40. The van der Waals surface area contributed by atoms with Crippen molar-refractivity contribution >= 4 is 5.91 Å². The molecule has 0 radical (unpaired) electrons. The van der Waals surface area contributed by atoms with Gasteiger partial charge in [0.2, 0.25) is 5.91 Å². The van der Waals surface area contributed by atoms with Crippen molar-refractivity contribution in [3.8, 4) is 0 Å². The van der Waals surface area contributed by atoms with Gasteiger partial charge in [-0.25, -0.2) is 0 Å². The van der Waals surface area contributed by atoms with Crippen molar-refractivity contribution in [2.75, 3.05) is 26.8 Å². The first kappa shape index (κ1) is 12.8. The summed E-state index contributed by atoms with van der Waals surface area (Å²) in [6.45, 7) is 1.76. The second-order valence-electron chi connectivity index (χ2n) is 4.79. The number of hydrogen-bond acceptors (Lipinski definition) is 4. The average Bonchev–Trinajstić information content (AvgIpc) is 2.94. The first-order valence-corrected chi connectivity index (χ1v) is 6.44. The Morgan fingerprint density at radius 2 is 2.35 bits per heavy atom. The molecule has 2 bridgehead atoms. The van der Waals surface area contributed by atoms with Gasteiger partial charge in [0.25, 0.3) is 0 Å². The van der Waals surface area contributed by atoms with Gasteiger partial charge in [0.1, 0.15) is 0 Å². The van der Waals surface area contributed by atoms with Gasteiger partial charge in [0.15, 0.2) is 0 Å². The first-order chi connectivity index (χ1) is 8.29. The maximum Gasteiger partial charge on any atom is 0.233 e. The molecule has 3 unspecified atom stereocenters. The fraction of sp³-hybridized carbons (Fsp3) is 0.917. The summed E-state index contributed by atoms with van der Waals surface area (Å²) in [7, 11) is 1.67. The molecule has 0 aromatic rings. The summed E-state index contributed by atoms with van der Waals surface area (Å²) in [6.07, 6.45) is 5.01. The van der Waals surface area contributed by atoms with E-state index in [2.05, 4.69) is 10.6 Å². The minimum absolute atomic E-state index is 0.0591. The predicted octanol–water partition coefficient (Wildman–Crippen LogP) is 0.0486. The standard InChI is InChI=1S/C12H22N2O3/c1-16-6-2-5-13-12(15)8-14-10-7-9-3-4-11(10)17-9/h9-11,14H,2-8H2,1H3,(H,13,15). The van der Waals surface area contributed by atoms with Crippen LogP contribution in [0.2, 0.25) is 0 Å².